The second-order valence-corrected chi connectivity index (χ2v) is 6.98. The van der Waals surface area contributed by atoms with E-state index >= 15 is 0 Å². The minimum Gasteiger partial charge on any atom is -0.487 e. The number of esters is 2. The lowest BCUT2D eigenvalue weighted by Crippen LogP contribution is -2.05. The number of ether oxygens (including phenoxy) is 3. The molecule has 2 heterocycles. The van der Waals surface area contributed by atoms with Crippen LogP contribution in [0.4, 0.5) is 0 Å². The predicted molar refractivity (Wildman–Crippen MR) is 102 cm³/mol. The van der Waals surface area contributed by atoms with Gasteiger partial charge in [-0.25, -0.2) is 14.6 Å². The van der Waals surface area contributed by atoms with Crippen LogP contribution in [0, 0.1) is 13.8 Å². The van der Waals surface area contributed by atoms with E-state index in [0.29, 0.717) is 35.0 Å². The summed E-state index contributed by atoms with van der Waals surface area (Å²) in [6, 6.07) is 8.14. The minimum atomic E-state index is -0.504. The van der Waals surface area contributed by atoms with Crippen LogP contribution in [0.25, 0.3) is 0 Å². The summed E-state index contributed by atoms with van der Waals surface area (Å²) in [5, 5.41) is 2.94. The minimum absolute atomic E-state index is 0.0852. The maximum absolute atomic E-state index is 12.2. The van der Waals surface area contributed by atoms with Crippen LogP contribution in [0.1, 0.15) is 42.9 Å². The summed E-state index contributed by atoms with van der Waals surface area (Å²) in [6.45, 7) is 3.87. The van der Waals surface area contributed by atoms with E-state index in [2.05, 4.69) is 9.72 Å². The van der Waals surface area contributed by atoms with Gasteiger partial charge in [0.1, 0.15) is 36.0 Å². The van der Waals surface area contributed by atoms with E-state index in [9.17, 15) is 9.59 Å². The van der Waals surface area contributed by atoms with E-state index < -0.39 is 11.9 Å². The third kappa shape index (κ3) is 4.77. The molecule has 3 rings (SSSR count). The second-order valence-electron chi connectivity index (χ2n) is 5.92. The van der Waals surface area contributed by atoms with E-state index in [1.165, 1.54) is 13.2 Å². The molecule has 0 saturated carbocycles. The number of nitrogens with zero attached hydrogens (tertiary/aromatic N) is 1. The SMILES string of the molecule is COC(=O)c1cc(COC(=O)c2ccc(OCc3csc(C)n3)cc2)oc1C. The molecule has 1 aromatic carbocycles. The first-order valence-corrected chi connectivity index (χ1v) is 9.33. The van der Waals surface area contributed by atoms with Crippen LogP contribution in [0.5, 0.6) is 5.75 Å². The fraction of sp³-hybridized carbons (Fsp3) is 0.250. The first-order chi connectivity index (χ1) is 13.5. The predicted octanol–water partition coefficient (Wildman–Crippen LogP) is 4.08. The molecule has 0 unspecified atom stereocenters. The third-order valence-corrected chi connectivity index (χ3v) is 4.69. The highest BCUT2D eigenvalue weighted by Crippen LogP contribution is 2.19. The lowest BCUT2D eigenvalue weighted by atomic mass is 10.2. The number of aromatic nitrogens is 1. The molecule has 0 saturated heterocycles. The van der Waals surface area contributed by atoms with E-state index in [0.717, 1.165) is 10.7 Å². The number of benzene rings is 1. The number of hydrogen-bond acceptors (Lipinski definition) is 8. The Labute approximate surface area is 165 Å². The molecule has 0 aliphatic rings. The molecule has 8 heteroatoms. The molecule has 7 nitrogen and oxygen atoms in total. The van der Waals surface area contributed by atoms with Crippen LogP contribution < -0.4 is 4.74 Å². The second kappa shape index (κ2) is 8.71. The van der Waals surface area contributed by atoms with Gasteiger partial charge in [0, 0.05) is 5.38 Å². The first kappa shape index (κ1) is 19.6. The Morgan fingerprint density at radius 3 is 2.50 bits per heavy atom. The van der Waals surface area contributed by atoms with Gasteiger partial charge < -0.3 is 18.6 Å². The Hall–Kier alpha value is -3.13. The highest BCUT2D eigenvalue weighted by atomic mass is 32.1. The van der Waals surface area contributed by atoms with Crippen molar-refractivity contribution in [3.05, 3.63) is 69.1 Å². The van der Waals surface area contributed by atoms with Crippen molar-refractivity contribution in [2.24, 2.45) is 0 Å². The molecular formula is C20H19NO6S. The third-order valence-electron chi connectivity index (χ3n) is 3.86. The summed E-state index contributed by atoms with van der Waals surface area (Å²) in [5.74, 6) is 0.406. The molecule has 146 valence electrons. The zero-order valence-electron chi connectivity index (χ0n) is 15.7. The molecule has 0 N–H and O–H groups in total. The standard InChI is InChI=1S/C20H19NO6S/c1-12-18(20(23)24-3)8-17(27-12)10-26-19(22)14-4-6-16(7-5-14)25-9-15-11-28-13(2)21-15/h4-8,11H,9-10H2,1-3H3. The number of rotatable bonds is 7. The van der Waals surface area contributed by atoms with Gasteiger partial charge in [0.15, 0.2) is 0 Å². The van der Waals surface area contributed by atoms with Crippen molar-refractivity contribution >= 4 is 23.3 Å². The number of carbonyl (C=O) groups is 2. The molecule has 0 fully saturated rings. The van der Waals surface area contributed by atoms with Crippen LogP contribution >= 0.6 is 11.3 Å². The molecule has 0 bridgehead atoms. The van der Waals surface area contributed by atoms with Crippen LogP contribution in [-0.4, -0.2) is 24.0 Å². The number of hydrogen-bond donors (Lipinski definition) is 0. The molecule has 0 aliphatic carbocycles. The van der Waals surface area contributed by atoms with Gasteiger partial charge in [-0.15, -0.1) is 11.3 Å². The maximum Gasteiger partial charge on any atom is 0.341 e. The fourth-order valence-electron chi connectivity index (χ4n) is 2.47. The quantitative estimate of drug-likeness (QED) is 0.551. The van der Waals surface area contributed by atoms with Crippen molar-refractivity contribution in [3.63, 3.8) is 0 Å². The average Bonchev–Trinajstić information content (AvgIpc) is 3.29. The first-order valence-electron chi connectivity index (χ1n) is 8.45. The van der Waals surface area contributed by atoms with Crippen LogP contribution in [-0.2, 0) is 22.7 Å². The molecule has 2 aromatic heterocycles. The van der Waals surface area contributed by atoms with Crippen molar-refractivity contribution < 1.29 is 28.2 Å². The average molecular weight is 401 g/mol. The van der Waals surface area contributed by atoms with E-state index in [-0.39, 0.29) is 6.61 Å². The van der Waals surface area contributed by atoms with Gasteiger partial charge in [-0.2, -0.15) is 0 Å². The van der Waals surface area contributed by atoms with Crippen molar-refractivity contribution in [2.45, 2.75) is 27.1 Å². The fourth-order valence-corrected chi connectivity index (χ4v) is 3.06. The molecular weight excluding hydrogens is 382 g/mol. The van der Waals surface area contributed by atoms with Gasteiger partial charge >= 0.3 is 11.9 Å². The van der Waals surface area contributed by atoms with Gasteiger partial charge in [0.25, 0.3) is 0 Å². The number of carbonyl (C=O) groups excluding carboxylic acids is 2. The number of furan rings is 1. The Morgan fingerprint density at radius 2 is 1.86 bits per heavy atom. The van der Waals surface area contributed by atoms with Crippen molar-refractivity contribution in [1.82, 2.24) is 4.98 Å². The zero-order chi connectivity index (χ0) is 20.1. The van der Waals surface area contributed by atoms with Crippen LogP contribution in [0.2, 0.25) is 0 Å². The van der Waals surface area contributed by atoms with Gasteiger partial charge in [-0.1, -0.05) is 0 Å². The summed E-state index contributed by atoms with van der Waals surface area (Å²) < 4.78 is 21.0. The summed E-state index contributed by atoms with van der Waals surface area (Å²) in [5.41, 5.74) is 1.56. The van der Waals surface area contributed by atoms with E-state index in [4.69, 9.17) is 13.9 Å². The Kier molecular flexibility index (Phi) is 6.10. The highest BCUT2D eigenvalue weighted by molar-refractivity contribution is 7.09. The lowest BCUT2D eigenvalue weighted by molar-refractivity contribution is 0.0444. The zero-order valence-corrected chi connectivity index (χ0v) is 16.5. The maximum atomic E-state index is 12.2. The molecule has 3 aromatic rings. The monoisotopic (exact) mass is 401 g/mol. The molecule has 0 spiro atoms. The Bertz CT molecular complexity index is 973. The van der Waals surface area contributed by atoms with E-state index in [1.807, 2.05) is 12.3 Å². The molecule has 0 radical (unpaired) electrons. The Balaban J connectivity index is 1.54. The van der Waals surface area contributed by atoms with Gasteiger partial charge in [-0.3, -0.25) is 0 Å². The van der Waals surface area contributed by atoms with Gasteiger partial charge in [-0.05, 0) is 44.2 Å². The van der Waals surface area contributed by atoms with Crippen molar-refractivity contribution in [3.8, 4) is 5.75 Å². The van der Waals surface area contributed by atoms with Crippen molar-refractivity contribution in [1.29, 1.82) is 0 Å². The normalized spacial score (nSPS) is 10.5. The van der Waals surface area contributed by atoms with Crippen molar-refractivity contribution in [2.75, 3.05) is 7.11 Å². The largest absolute Gasteiger partial charge is 0.487 e. The Morgan fingerprint density at radius 1 is 1.11 bits per heavy atom. The highest BCUT2D eigenvalue weighted by Gasteiger charge is 2.16. The summed E-state index contributed by atoms with van der Waals surface area (Å²) in [4.78, 5) is 28.1. The number of aryl methyl sites for hydroxylation is 2. The molecule has 28 heavy (non-hydrogen) atoms. The van der Waals surface area contributed by atoms with E-state index in [1.54, 1.807) is 42.5 Å². The smallest absolute Gasteiger partial charge is 0.341 e. The molecule has 0 aliphatic heterocycles. The van der Waals surface area contributed by atoms with Gasteiger partial charge in [0.2, 0.25) is 0 Å². The van der Waals surface area contributed by atoms with Crippen LogP contribution in [0.3, 0.4) is 0 Å². The van der Waals surface area contributed by atoms with Gasteiger partial charge in [0.05, 0.1) is 23.4 Å². The number of thiazole rings is 1. The number of methoxy groups -OCH3 is 1. The summed E-state index contributed by atoms with van der Waals surface area (Å²) in [7, 11) is 1.29. The topological polar surface area (TPSA) is 87.9 Å². The summed E-state index contributed by atoms with van der Waals surface area (Å²) in [6.07, 6.45) is 0. The van der Waals surface area contributed by atoms with Crippen LogP contribution in [0.15, 0.2) is 40.1 Å². The lowest BCUT2D eigenvalue weighted by Gasteiger charge is -2.06. The molecule has 0 atom stereocenters. The summed E-state index contributed by atoms with van der Waals surface area (Å²) >= 11 is 1.57. The molecule has 0 amide bonds.